The van der Waals surface area contributed by atoms with Crippen LogP contribution in [0.15, 0.2) is 71.2 Å². The van der Waals surface area contributed by atoms with E-state index in [-0.39, 0.29) is 4.47 Å². The molecule has 3 rings (SSSR count). The van der Waals surface area contributed by atoms with E-state index in [9.17, 15) is 18.0 Å². The summed E-state index contributed by atoms with van der Waals surface area (Å²) in [5.74, 6) is -2.22. The van der Waals surface area contributed by atoms with Gasteiger partial charge in [0.25, 0.3) is 0 Å². The summed E-state index contributed by atoms with van der Waals surface area (Å²) in [6.07, 6.45) is 0. The second kappa shape index (κ2) is 6.96. The molecular weight excluding hydrogens is 407 g/mol. The Hall–Kier alpha value is -2.60. The first kappa shape index (κ1) is 18.2. The molecule has 0 aliphatic carbocycles. The van der Waals surface area contributed by atoms with Gasteiger partial charge in [0, 0.05) is 0 Å². The number of hydrogen-bond acceptors (Lipinski definition) is 1. The van der Waals surface area contributed by atoms with Gasteiger partial charge in [-0.15, -0.1) is 0 Å². The van der Waals surface area contributed by atoms with Gasteiger partial charge in [0.2, 0.25) is 5.91 Å². The molecular formula is C20H13BrF3NO. The molecule has 0 aliphatic rings. The lowest BCUT2D eigenvalue weighted by atomic mass is 9.69. The fourth-order valence-electron chi connectivity index (χ4n) is 3.06. The van der Waals surface area contributed by atoms with E-state index in [0.717, 1.165) is 0 Å². The third-order valence-corrected chi connectivity index (χ3v) is 4.88. The first-order valence-electron chi connectivity index (χ1n) is 7.63. The van der Waals surface area contributed by atoms with Crippen molar-refractivity contribution in [3.05, 3.63) is 105 Å². The normalized spacial score (nSPS) is 11.4. The molecule has 0 spiro atoms. The molecule has 2 nitrogen and oxygen atoms in total. The van der Waals surface area contributed by atoms with Crippen LogP contribution in [-0.4, -0.2) is 5.91 Å². The topological polar surface area (TPSA) is 43.1 Å². The van der Waals surface area contributed by atoms with E-state index in [0.29, 0.717) is 16.7 Å². The second-order valence-corrected chi connectivity index (χ2v) is 6.61. The second-order valence-electron chi connectivity index (χ2n) is 5.76. The summed E-state index contributed by atoms with van der Waals surface area (Å²) in [5, 5.41) is 0. The highest BCUT2D eigenvalue weighted by atomic mass is 79.9. The van der Waals surface area contributed by atoms with E-state index in [1.165, 1.54) is 66.7 Å². The highest BCUT2D eigenvalue weighted by Gasteiger charge is 2.42. The van der Waals surface area contributed by atoms with Crippen LogP contribution >= 0.6 is 15.9 Å². The summed E-state index contributed by atoms with van der Waals surface area (Å²) in [5.41, 5.74) is 5.40. The van der Waals surface area contributed by atoms with Crippen LogP contribution in [0.5, 0.6) is 0 Å². The molecule has 1 amide bonds. The Morgan fingerprint density at radius 2 is 1.19 bits per heavy atom. The predicted octanol–water partition coefficient (Wildman–Crippen LogP) is 4.69. The molecule has 3 aromatic rings. The largest absolute Gasteiger partial charge is 0.368 e. The average Bonchev–Trinajstić information content (AvgIpc) is 2.61. The first-order chi connectivity index (χ1) is 12.4. The SMILES string of the molecule is NC(=O)C(c1ccc(F)cc1)(c1ccc(F)cc1)c1ccc(F)c(Br)c1. The number of halogens is 4. The lowest BCUT2D eigenvalue weighted by molar-refractivity contribution is -0.120. The highest BCUT2D eigenvalue weighted by molar-refractivity contribution is 9.10. The third-order valence-electron chi connectivity index (χ3n) is 4.28. The number of nitrogens with two attached hydrogens (primary N) is 1. The highest BCUT2D eigenvalue weighted by Crippen LogP contribution is 2.40. The van der Waals surface area contributed by atoms with Crippen molar-refractivity contribution in [1.29, 1.82) is 0 Å². The minimum atomic E-state index is -1.54. The molecule has 2 N–H and O–H groups in total. The molecule has 0 unspecified atom stereocenters. The van der Waals surface area contributed by atoms with Crippen molar-refractivity contribution in [2.45, 2.75) is 5.41 Å². The lowest BCUT2D eigenvalue weighted by Gasteiger charge is -2.32. The van der Waals surface area contributed by atoms with E-state index in [4.69, 9.17) is 5.73 Å². The van der Waals surface area contributed by atoms with Crippen molar-refractivity contribution >= 4 is 21.8 Å². The van der Waals surface area contributed by atoms with E-state index < -0.39 is 28.8 Å². The molecule has 26 heavy (non-hydrogen) atoms. The summed E-state index contributed by atoms with van der Waals surface area (Å²) in [6.45, 7) is 0. The van der Waals surface area contributed by atoms with E-state index in [1.807, 2.05) is 0 Å². The number of benzene rings is 3. The fraction of sp³-hybridized carbons (Fsp3) is 0.0500. The van der Waals surface area contributed by atoms with Gasteiger partial charge in [-0.1, -0.05) is 30.3 Å². The number of hydrogen-bond donors (Lipinski definition) is 1. The van der Waals surface area contributed by atoms with Crippen LogP contribution in [0.2, 0.25) is 0 Å². The van der Waals surface area contributed by atoms with Crippen molar-refractivity contribution < 1.29 is 18.0 Å². The number of carbonyl (C=O) groups is 1. The van der Waals surface area contributed by atoms with Gasteiger partial charge in [0.05, 0.1) is 4.47 Å². The molecule has 0 heterocycles. The summed E-state index contributed by atoms with van der Waals surface area (Å²) in [4.78, 5) is 12.7. The van der Waals surface area contributed by atoms with Crippen molar-refractivity contribution in [1.82, 2.24) is 0 Å². The molecule has 0 bridgehead atoms. The van der Waals surface area contributed by atoms with Gasteiger partial charge in [-0.3, -0.25) is 4.79 Å². The Bertz CT molecular complexity index is 910. The van der Waals surface area contributed by atoms with Crippen molar-refractivity contribution in [2.24, 2.45) is 5.73 Å². The van der Waals surface area contributed by atoms with Gasteiger partial charge < -0.3 is 5.73 Å². The van der Waals surface area contributed by atoms with Crippen molar-refractivity contribution in [2.75, 3.05) is 0 Å². The molecule has 132 valence electrons. The molecule has 0 saturated heterocycles. The number of amides is 1. The van der Waals surface area contributed by atoms with Crippen molar-refractivity contribution in [3.8, 4) is 0 Å². The maximum Gasteiger partial charge on any atom is 0.237 e. The molecule has 0 radical (unpaired) electrons. The zero-order valence-electron chi connectivity index (χ0n) is 13.3. The number of primary amides is 1. The quantitative estimate of drug-likeness (QED) is 0.612. The molecule has 0 aromatic heterocycles. The van der Waals surface area contributed by atoms with Crippen LogP contribution in [0.3, 0.4) is 0 Å². The smallest absolute Gasteiger partial charge is 0.237 e. The fourth-order valence-corrected chi connectivity index (χ4v) is 3.43. The van der Waals surface area contributed by atoms with Gasteiger partial charge in [0.15, 0.2) is 0 Å². The Morgan fingerprint density at radius 3 is 1.58 bits per heavy atom. The van der Waals surface area contributed by atoms with E-state index >= 15 is 0 Å². The molecule has 3 aromatic carbocycles. The molecule has 0 saturated carbocycles. The zero-order chi connectivity index (χ0) is 18.9. The van der Waals surface area contributed by atoms with Crippen LogP contribution < -0.4 is 5.73 Å². The monoisotopic (exact) mass is 419 g/mol. The summed E-state index contributed by atoms with van der Waals surface area (Å²) in [7, 11) is 0. The molecule has 0 aliphatic heterocycles. The van der Waals surface area contributed by atoms with Crippen molar-refractivity contribution in [3.63, 3.8) is 0 Å². The van der Waals surface area contributed by atoms with Crippen LogP contribution in [0, 0.1) is 17.5 Å². The van der Waals surface area contributed by atoms with Crippen LogP contribution in [-0.2, 0) is 10.2 Å². The van der Waals surface area contributed by atoms with E-state index in [1.54, 1.807) is 0 Å². The number of rotatable bonds is 4. The van der Waals surface area contributed by atoms with Crippen LogP contribution in [0.1, 0.15) is 16.7 Å². The summed E-state index contributed by atoms with van der Waals surface area (Å²) >= 11 is 3.11. The number of carbonyl (C=O) groups excluding carboxylic acids is 1. The first-order valence-corrected chi connectivity index (χ1v) is 8.42. The molecule has 6 heteroatoms. The third kappa shape index (κ3) is 3.01. The maximum atomic E-state index is 13.7. The maximum absolute atomic E-state index is 13.7. The Morgan fingerprint density at radius 1 is 0.769 bits per heavy atom. The minimum Gasteiger partial charge on any atom is -0.368 e. The van der Waals surface area contributed by atoms with Crippen LogP contribution in [0.4, 0.5) is 13.2 Å². The van der Waals surface area contributed by atoms with Gasteiger partial charge in [0.1, 0.15) is 22.9 Å². The lowest BCUT2D eigenvalue weighted by Crippen LogP contribution is -2.43. The average molecular weight is 420 g/mol. The van der Waals surface area contributed by atoms with Gasteiger partial charge >= 0.3 is 0 Å². The van der Waals surface area contributed by atoms with Gasteiger partial charge in [-0.2, -0.15) is 0 Å². The molecule has 0 atom stereocenters. The summed E-state index contributed by atoms with van der Waals surface area (Å²) in [6, 6.07) is 14.6. The van der Waals surface area contributed by atoms with Gasteiger partial charge in [-0.25, -0.2) is 13.2 Å². The molecule has 0 fully saturated rings. The van der Waals surface area contributed by atoms with Gasteiger partial charge in [-0.05, 0) is 69.0 Å². The van der Waals surface area contributed by atoms with E-state index in [2.05, 4.69) is 15.9 Å². The predicted molar refractivity (Wildman–Crippen MR) is 96.0 cm³/mol. The minimum absolute atomic E-state index is 0.143. The zero-order valence-corrected chi connectivity index (χ0v) is 14.9. The Kier molecular flexibility index (Phi) is 4.87. The Balaban J connectivity index is 2.38. The standard InChI is InChI=1S/C20H13BrF3NO/c21-17-11-14(5-10-18(17)24)20(19(25)26,12-1-6-15(22)7-2-12)13-3-8-16(23)9-4-13/h1-11H,(H2,25,26). The Labute approximate surface area is 156 Å². The van der Waals surface area contributed by atoms with Crippen LogP contribution in [0.25, 0.3) is 0 Å². The summed E-state index contributed by atoms with van der Waals surface area (Å²) < 4.78 is 40.7.